The summed E-state index contributed by atoms with van der Waals surface area (Å²) in [5, 5.41) is 0. The molecule has 1 aromatic heterocycles. The third-order valence-corrected chi connectivity index (χ3v) is 17.9. The zero-order chi connectivity index (χ0) is 35.8. The molecule has 0 aliphatic heterocycles. The molecule has 1 aromatic rings. The topological polar surface area (TPSA) is 119 Å². The van der Waals surface area contributed by atoms with Crippen molar-refractivity contribution in [3.05, 3.63) is 33.8 Å². The van der Waals surface area contributed by atoms with E-state index < -0.39 is 31.1 Å². The summed E-state index contributed by atoms with van der Waals surface area (Å²) >= 11 is 0. The van der Waals surface area contributed by atoms with Gasteiger partial charge in [0.25, 0.3) is 0 Å². The van der Waals surface area contributed by atoms with Crippen molar-refractivity contribution >= 4 is 49.6 Å². The average Bonchev–Trinajstić information content (AvgIpc) is 2.91. The van der Waals surface area contributed by atoms with Crippen LogP contribution < -0.4 is 0 Å². The van der Waals surface area contributed by atoms with Gasteiger partial charge in [-0.25, -0.2) is 16.8 Å². The molecule has 0 aromatic carbocycles. The van der Waals surface area contributed by atoms with Crippen molar-refractivity contribution in [1.29, 1.82) is 0 Å². The number of aryl methyl sites for hydroxylation is 1. The molecular formula is C26H55F6N3O4P3RuS2+3. The van der Waals surface area contributed by atoms with Gasteiger partial charge in [0.15, 0.2) is 20.0 Å². The molecule has 0 atom stereocenters. The molecule has 0 radical (unpaired) electrons. The smallest absolute Gasteiger partial charge is 0.482 e. The Balaban J connectivity index is -0.000000154. The summed E-state index contributed by atoms with van der Waals surface area (Å²) in [6.45, 7) is 22.7. The summed E-state index contributed by atoms with van der Waals surface area (Å²) in [4.78, 5) is 3.71. The van der Waals surface area contributed by atoms with E-state index in [-0.39, 0.29) is 43.2 Å². The van der Waals surface area contributed by atoms with E-state index in [0.717, 1.165) is 9.69 Å². The Hall–Kier alpha value is 0.303. The molecule has 0 aliphatic carbocycles. The second kappa shape index (κ2) is 29.2. The van der Waals surface area contributed by atoms with Crippen molar-refractivity contribution in [2.45, 2.75) is 80.3 Å². The van der Waals surface area contributed by atoms with Crippen molar-refractivity contribution in [3.8, 4) is 0 Å². The van der Waals surface area contributed by atoms with E-state index in [9.17, 15) is 43.2 Å². The summed E-state index contributed by atoms with van der Waals surface area (Å²) in [6, 6.07) is 3.60. The molecule has 0 aliphatic rings. The fraction of sp³-hybridized carbons (Fsp3) is 0.808. The Morgan fingerprint density at radius 3 is 1.00 bits per heavy atom. The Morgan fingerprint density at radius 1 is 0.644 bits per heavy atom. The van der Waals surface area contributed by atoms with Gasteiger partial charge in [0, 0.05) is 0 Å². The number of hydrogen-bond acceptors (Lipinski definition) is 5. The molecule has 7 nitrogen and oxygen atoms in total. The van der Waals surface area contributed by atoms with Crippen LogP contribution in [-0.4, -0.2) is 88.3 Å². The van der Waals surface area contributed by atoms with Crippen LogP contribution in [0.2, 0.25) is 0 Å². The monoisotopic (exact) mass is 846 g/mol. The zero-order valence-electron chi connectivity index (χ0n) is 28.1. The molecule has 0 amide bonds. The summed E-state index contributed by atoms with van der Waals surface area (Å²) in [7, 11) is -13.0. The summed E-state index contributed by atoms with van der Waals surface area (Å²) in [6.07, 6.45) is 14.7. The van der Waals surface area contributed by atoms with Crippen LogP contribution in [-0.2, 0) is 39.5 Å². The summed E-state index contributed by atoms with van der Waals surface area (Å²) in [5.74, 6) is 0.338. The van der Waals surface area contributed by atoms with E-state index in [1.807, 2.05) is 13.0 Å². The van der Waals surface area contributed by atoms with Crippen molar-refractivity contribution in [2.24, 2.45) is 0 Å². The Kier molecular flexibility index (Phi) is 35.6. The molecular weight excluding hydrogens is 790 g/mol. The quantitative estimate of drug-likeness (QED) is 0.125. The summed E-state index contributed by atoms with van der Waals surface area (Å²) in [5.41, 5.74) is -4.29. The number of nitrogens with one attached hydrogen (secondary N) is 1. The van der Waals surface area contributed by atoms with Crippen molar-refractivity contribution in [3.63, 3.8) is 0 Å². The molecule has 1 rings (SSSR count). The first-order valence-corrected chi connectivity index (χ1v) is 23.8. The second-order valence-electron chi connectivity index (χ2n) is 9.07. The molecule has 272 valence electrons. The van der Waals surface area contributed by atoms with E-state index in [2.05, 4.69) is 67.3 Å². The van der Waals surface area contributed by atoms with Gasteiger partial charge in [0.2, 0.25) is 0 Å². The molecule has 0 unspecified atom stereocenters. The van der Waals surface area contributed by atoms with Crippen LogP contribution in [0.5, 0.6) is 0 Å². The van der Waals surface area contributed by atoms with Crippen molar-refractivity contribution in [1.82, 2.24) is 4.98 Å². The van der Waals surface area contributed by atoms with E-state index in [4.69, 9.17) is 5.73 Å². The van der Waals surface area contributed by atoms with Crippen LogP contribution in [0.4, 0.5) is 32.2 Å². The van der Waals surface area contributed by atoms with E-state index in [0.29, 0.717) is 5.82 Å². The fourth-order valence-electron chi connectivity index (χ4n) is 3.00. The van der Waals surface area contributed by atoms with E-state index >= 15 is 0 Å². The SMILES string of the molecule is CC[PH+](CC)CC.CC[PH+](CC)CC.CC[PH+](CC)CC.Cc1ccnc([NH-])c1.O=S(=O)([N-]S(=O)(=O)C(F)(F)F)C(F)(F)F.[Ru+2]. The van der Waals surface area contributed by atoms with Crippen LogP contribution in [0.3, 0.4) is 0 Å². The van der Waals surface area contributed by atoms with Crippen LogP contribution in [0.15, 0.2) is 18.3 Å². The minimum Gasteiger partial charge on any atom is -0.482 e. The van der Waals surface area contributed by atoms with Gasteiger partial charge in [-0.2, -0.15) is 26.3 Å². The molecule has 0 spiro atoms. The first-order chi connectivity index (χ1) is 20.0. The molecule has 19 heteroatoms. The number of halogens is 6. The molecule has 0 saturated carbocycles. The van der Waals surface area contributed by atoms with Gasteiger partial charge in [-0.3, -0.25) is 0 Å². The second-order valence-corrected chi connectivity index (χ2v) is 23.4. The van der Waals surface area contributed by atoms with Crippen LogP contribution in [0.25, 0.3) is 9.86 Å². The third-order valence-electron chi connectivity index (χ3n) is 6.20. The van der Waals surface area contributed by atoms with Crippen molar-refractivity contribution in [2.75, 3.05) is 55.5 Å². The van der Waals surface area contributed by atoms with Gasteiger partial charge in [0.1, 0.15) is 0 Å². The molecule has 0 bridgehead atoms. The van der Waals surface area contributed by atoms with E-state index in [1.165, 1.54) is 55.5 Å². The van der Waals surface area contributed by atoms with Gasteiger partial charge in [-0.1, -0.05) is 29.7 Å². The average molecular weight is 846 g/mol. The largest absolute Gasteiger partial charge is 2.00 e. The molecule has 1 heterocycles. The fourth-order valence-corrected chi connectivity index (χ4v) is 9.21. The maximum absolute atomic E-state index is 11.4. The van der Waals surface area contributed by atoms with Crippen molar-refractivity contribution < 1.29 is 62.7 Å². The normalized spacial score (nSPS) is 11.5. The van der Waals surface area contributed by atoms with E-state index in [1.54, 1.807) is 12.3 Å². The Labute approximate surface area is 285 Å². The zero-order valence-corrected chi connectivity index (χ0v) is 34.4. The molecule has 0 fully saturated rings. The number of rotatable bonds is 11. The van der Waals surface area contributed by atoms with Crippen LogP contribution >= 0.6 is 23.8 Å². The molecule has 0 saturated heterocycles. The number of alkyl halides is 6. The number of nitrogens with zero attached hydrogens (tertiary/aromatic N) is 2. The third kappa shape index (κ3) is 29.0. The number of aromatic nitrogens is 1. The van der Waals surface area contributed by atoms with Gasteiger partial charge in [-0.05, 0) is 93.0 Å². The number of hydrogen-bond donors (Lipinski definition) is 0. The van der Waals surface area contributed by atoms with Gasteiger partial charge in [0.05, 0.1) is 55.5 Å². The number of pyridine rings is 1. The maximum Gasteiger partial charge on any atom is 2.00 e. The first kappa shape index (κ1) is 54.7. The first-order valence-electron chi connectivity index (χ1n) is 14.6. The Bertz CT molecular complexity index is 941. The molecule has 45 heavy (non-hydrogen) atoms. The minimum absolute atomic E-state index is 0. The minimum atomic E-state index is -6.72. The predicted octanol–water partition coefficient (Wildman–Crippen LogP) is 9.91. The molecule has 1 N–H and O–H groups in total. The standard InChI is InChI=1S/C6H7N2.3C6H15P.C2F6NO4S2.Ru/c1-5-2-3-8-6(7)4-5;3*1-4-7(5-2)6-3;3-1(4,5)14(10,11)9-15(12,13)2(6,7)8;/h2-4H,1H3,(H-,7,8);3*4-6H2,1-3H3;;/q-1;;;;-1;+2/p+3. The van der Waals surface area contributed by atoms with Crippen LogP contribution in [0, 0.1) is 6.92 Å². The van der Waals surface area contributed by atoms with Gasteiger partial charge >= 0.3 is 30.5 Å². The van der Waals surface area contributed by atoms with Gasteiger partial charge in [-0.15, -0.1) is 0 Å². The Morgan fingerprint density at radius 2 is 0.889 bits per heavy atom. The van der Waals surface area contributed by atoms with Gasteiger partial charge < -0.3 is 14.8 Å². The predicted molar refractivity (Wildman–Crippen MR) is 186 cm³/mol. The maximum atomic E-state index is 11.4. The van der Waals surface area contributed by atoms with Crippen LogP contribution in [0.1, 0.15) is 67.9 Å². The summed E-state index contributed by atoms with van der Waals surface area (Å²) < 4.78 is 109. The number of sulfonamides is 2.